The lowest BCUT2D eigenvalue weighted by molar-refractivity contribution is -0.136. The van der Waals surface area contributed by atoms with Gasteiger partial charge in [0.15, 0.2) is 0 Å². The molecule has 126 valence electrons. The molecule has 7 nitrogen and oxygen atoms in total. The van der Waals surface area contributed by atoms with Crippen molar-refractivity contribution in [3.05, 3.63) is 24.7 Å². The molecule has 1 saturated carbocycles. The Morgan fingerprint density at radius 3 is 3.08 bits per heavy atom. The van der Waals surface area contributed by atoms with E-state index in [1.165, 1.54) is 0 Å². The smallest absolute Gasteiger partial charge is 0.243 e. The summed E-state index contributed by atoms with van der Waals surface area (Å²) >= 11 is 0. The summed E-state index contributed by atoms with van der Waals surface area (Å²) in [5.41, 5.74) is 1.16. The Morgan fingerprint density at radius 2 is 2.28 bits per heavy atom. The SMILES string of the molecule is N#CC1(C(=O)N2CCC[C@H](n3ncc4cnc5[nH]ccc5c43)C2)CC1. The second-order valence-corrected chi connectivity index (χ2v) is 7.13. The third-order valence-corrected chi connectivity index (χ3v) is 5.54. The minimum atomic E-state index is -0.744. The number of piperidine rings is 1. The van der Waals surface area contributed by atoms with Gasteiger partial charge in [0, 0.05) is 36.3 Å². The van der Waals surface area contributed by atoms with E-state index in [0.717, 1.165) is 41.3 Å². The topological polar surface area (TPSA) is 90.6 Å². The number of carbonyl (C=O) groups excluding carboxylic acids is 1. The zero-order valence-electron chi connectivity index (χ0n) is 13.8. The largest absolute Gasteiger partial charge is 0.346 e. The van der Waals surface area contributed by atoms with Gasteiger partial charge in [-0.25, -0.2) is 4.98 Å². The van der Waals surface area contributed by atoms with Crippen LogP contribution in [0.1, 0.15) is 31.7 Å². The van der Waals surface area contributed by atoms with Gasteiger partial charge in [0.1, 0.15) is 11.1 Å². The quantitative estimate of drug-likeness (QED) is 0.779. The average Bonchev–Trinajstić information content (AvgIpc) is 3.10. The van der Waals surface area contributed by atoms with Crippen LogP contribution in [0.4, 0.5) is 0 Å². The van der Waals surface area contributed by atoms with Crippen LogP contribution >= 0.6 is 0 Å². The summed E-state index contributed by atoms with van der Waals surface area (Å²) in [5.74, 6) is 0.00428. The number of rotatable bonds is 2. The van der Waals surface area contributed by atoms with E-state index in [9.17, 15) is 10.1 Å². The van der Waals surface area contributed by atoms with Gasteiger partial charge in [-0.1, -0.05) is 0 Å². The van der Waals surface area contributed by atoms with Gasteiger partial charge in [-0.15, -0.1) is 0 Å². The van der Waals surface area contributed by atoms with Crippen LogP contribution < -0.4 is 0 Å². The van der Waals surface area contributed by atoms with Crippen molar-refractivity contribution in [3.63, 3.8) is 0 Å². The van der Waals surface area contributed by atoms with E-state index in [0.29, 0.717) is 19.4 Å². The monoisotopic (exact) mass is 334 g/mol. The van der Waals surface area contributed by atoms with E-state index in [4.69, 9.17) is 0 Å². The molecule has 0 unspecified atom stereocenters. The molecule has 0 radical (unpaired) electrons. The molecule has 0 aromatic carbocycles. The number of nitrogens with one attached hydrogen (secondary N) is 1. The van der Waals surface area contributed by atoms with Crippen molar-refractivity contribution >= 4 is 27.8 Å². The standard InChI is InChI=1S/C18H18N6O/c19-11-18(4-5-18)17(25)23-7-1-2-13(10-23)24-15-12(9-22-24)8-21-16-14(15)3-6-20-16/h3,6,8-9,13H,1-2,4-5,7,10H2,(H,20,21)/t13-/m0/s1. The van der Waals surface area contributed by atoms with Gasteiger partial charge in [-0.05, 0) is 31.7 Å². The first-order valence-electron chi connectivity index (χ1n) is 8.72. The Labute approximate surface area is 144 Å². The Morgan fingerprint density at radius 1 is 1.40 bits per heavy atom. The van der Waals surface area contributed by atoms with Crippen LogP contribution in [0.25, 0.3) is 21.9 Å². The Bertz CT molecular complexity index is 1020. The van der Waals surface area contributed by atoms with Gasteiger partial charge in [0.25, 0.3) is 0 Å². The van der Waals surface area contributed by atoms with Gasteiger partial charge in [-0.3, -0.25) is 9.48 Å². The number of carbonyl (C=O) groups is 1. The lowest BCUT2D eigenvalue weighted by Gasteiger charge is -2.34. The molecule has 7 heteroatoms. The van der Waals surface area contributed by atoms with E-state index < -0.39 is 5.41 Å². The lowest BCUT2D eigenvalue weighted by Crippen LogP contribution is -2.44. The molecule has 1 atom stereocenters. The lowest BCUT2D eigenvalue weighted by atomic mass is 10.0. The summed E-state index contributed by atoms with van der Waals surface area (Å²) in [4.78, 5) is 22.1. The zero-order valence-corrected chi connectivity index (χ0v) is 13.8. The molecule has 3 aromatic heterocycles. The van der Waals surface area contributed by atoms with E-state index in [1.807, 2.05) is 34.2 Å². The van der Waals surface area contributed by atoms with Crippen molar-refractivity contribution in [2.24, 2.45) is 5.41 Å². The highest BCUT2D eigenvalue weighted by molar-refractivity contribution is 6.02. The number of H-pyrrole nitrogens is 1. The molecule has 1 N–H and O–H groups in total. The minimum Gasteiger partial charge on any atom is -0.346 e. The highest BCUT2D eigenvalue weighted by Crippen LogP contribution is 2.47. The second-order valence-electron chi connectivity index (χ2n) is 7.13. The number of hydrogen-bond donors (Lipinski definition) is 1. The number of likely N-dealkylation sites (tertiary alicyclic amines) is 1. The highest BCUT2D eigenvalue weighted by atomic mass is 16.2. The number of nitriles is 1. The summed E-state index contributed by atoms with van der Waals surface area (Å²) in [6.07, 6.45) is 8.86. The summed E-state index contributed by atoms with van der Waals surface area (Å²) in [7, 11) is 0. The van der Waals surface area contributed by atoms with Gasteiger partial charge >= 0.3 is 0 Å². The Balaban J connectivity index is 1.51. The highest BCUT2D eigenvalue weighted by Gasteiger charge is 2.53. The van der Waals surface area contributed by atoms with E-state index in [-0.39, 0.29) is 11.9 Å². The number of hydrogen-bond acceptors (Lipinski definition) is 4. The van der Waals surface area contributed by atoms with Crippen LogP contribution in [0, 0.1) is 16.7 Å². The Kier molecular flexibility index (Phi) is 2.93. The van der Waals surface area contributed by atoms with Crippen LogP contribution in [0.15, 0.2) is 24.7 Å². The maximum atomic E-state index is 12.7. The predicted octanol–water partition coefficient (Wildman–Crippen LogP) is 2.38. The maximum Gasteiger partial charge on any atom is 0.243 e. The molecule has 1 aliphatic heterocycles. The fourth-order valence-electron chi connectivity index (χ4n) is 3.96. The fraction of sp³-hybridized carbons (Fsp3) is 0.444. The number of aromatic nitrogens is 4. The normalized spacial score (nSPS) is 22.2. The average molecular weight is 334 g/mol. The summed E-state index contributed by atoms with van der Waals surface area (Å²) in [6, 6.07) is 4.37. The number of nitrogens with zero attached hydrogens (tertiary/aromatic N) is 5. The van der Waals surface area contributed by atoms with Gasteiger partial charge in [0.2, 0.25) is 5.91 Å². The molecular formula is C18H18N6O. The molecule has 1 amide bonds. The van der Waals surface area contributed by atoms with Crippen molar-refractivity contribution in [1.29, 1.82) is 5.26 Å². The first kappa shape index (κ1) is 14.5. The predicted molar refractivity (Wildman–Crippen MR) is 91.5 cm³/mol. The van der Waals surface area contributed by atoms with Crippen molar-refractivity contribution in [3.8, 4) is 6.07 Å². The molecule has 0 spiro atoms. The molecule has 0 bridgehead atoms. The van der Waals surface area contributed by atoms with Crippen LogP contribution in [0.3, 0.4) is 0 Å². The first-order valence-corrected chi connectivity index (χ1v) is 8.72. The molecule has 5 rings (SSSR count). The van der Waals surface area contributed by atoms with Gasteiger partial charge in [0.05, 0.1) is 23.8 Å². The number of fused-ring (bicyclic) bond motifs is 3. The molecular weight excluding hydrogens is 316 g/mol. The van der Waals surface area contributed by atoms with Crippen molar-refractivity contribution in [2.75, 3.05) is 13.1 Å². The number of aromatic amines is 1. The van der Waals surface area contributed by atoms with Crippen LogP contribution in [0.2, 0.25) is 0 Å². The molecule has 3 aromatic rings. The van der Waals surface area contributed by atoms with Crippen molar-refractivity contribution in [2.45, 2.75) is 31.7 Å². The maximum absolute atomic E-state index is 12.7. The molecule has 2 fully saturated rings. The van der Waals surface area contributed by atoms with Crippen LogP contribution in [0.5, 0.6) is 0 Å². The van der Waals surface area contributed by atoms with Crippen molar-refractivity contribution < 1.29 is 4.79 Å². The van der Waals surface area contributed by atoms with Gasteiger partial charge < -0.3 is 9.88 Å². The first-order chi connectivity index (χ1) is 12.2. The Hall–Kier alpha value is -2.88. The zero-order chi connectivity index (χ0) is 17.0. The third-order valence-electron chi connectivity index (χ3n) is 5.54. The summed E-state index contributed by atoms with van der Waals surface area (Å²) in [5, 5.41) is 16.0. The van der Waals surface area contributed by atoms with E-state index in [2.05, 4.69) is 21.1 Å². The van der Waals surface area contributed by atoms with E-state index >= 15 is 0 Å². The fourth-order valence-corrected chi connectivity index (χ4v) is 3.96. The number of amides is 1. The van der Waals surface area contributed by atoms with Gasteiger partial charge in [-0.2, -0.15) is 10.4 Å². The number of pyridine rings is 1. The van der Waals surface area contributed by atoms with Crippen LogP contribution in [-0.2, 0) is 4.79 Å². The third kappa shape index (κ3) is 2.07. The molecule has 2 aliphatic rings. The van der Waals surface area contributed by atoms with E-state index in [1.54, 1.807) is 0 Å². The van der Waals surface area contributed by atoms with Crippen molar-refractivity contribution in [1.82, 2.24) is 24.6 Å². The summed E-state index contributed by atoms with van der Waals surface area (Å²) in [6.45, 7) is 1.35. The molecule has 25 heavy (non-hydrogen) atoms. The molecule has 1 saturated heterocycles. The van der Waals surface area contributed by atoms with Crippen LogP contribution in [-0.4, -0.2) is 43.6 Å². The minimum absolute atomic E-state index is 0.00428. The second kappa shape index (κ2) is 5.06. The molecule has 4 heterocycles. The summed E-state index contributed by atoms with van der Waals surface area (Å²) < 4.78 is 2.04. The molecule has 1 aliphatic carbocycles.